The molecule has 0 aliphatic heterocycles. The van der Waals surface area contributed by atoms with Gasteiger partial charge in [0.2, 0.25) is 0 Å². The highest BCUT2D eigenvalue weighted by Crippen LogP contribution is 2.62. The van der Waals surface area contributed by atoms with Crippen molar-refractivity contribution < 1.29 is 0 Å². The summed E-state index contributed by atoms with van der Waals surface area (Å²) in [6.45, 7) is 4.96. The van der Waals surface area contributed by atoms with Gasteiger partial charge in [0.05, 0.1) is 0 Å². The molecule has 6 atom stereocenters. The molecular weight excluding hydrogens is 408 g/mol. The van der Waals surface area contributed by atoms with E-state index in [-0.39, 0.29) is 0 Å². The molecule has 4 fully saturated rings. The van der Waals surface area contributed by atoms with Gasteiger partial charge in [0.1, 0.15) is 0 Å². The van der Waals surface area contributed by atoms with Gasteiger partial charge >= 0.3 is 0 Å². The smallest absolute Gasteiger partial charge is 0.0264 e. The van der Waals surface area contributed by atoms with E-state index in [1.54, 1.807) is 96.3 Å². The first-order valence-electron chi connectivity index (χ1n) is 16.7. The molecule has 0 N–H and O–H groups in total. The van der Waals surface area contributed by atoms with E-state index < -0.39 is 0 Å². The fraction of sp³-hybridized carbons (Fsp3) is 1.00. The molecule has 4 aliphatic carbocycles. The standard InChI is InChI=1S/C34H62/c1-3-15-30-18-7-4-5-8-19-32(23-22-30)34-25-12-6-11-24-33(28-34,26-14-27-34)31-20-10-9-16-29(2)17-13-21-31/h29-32H,3-28H2,1-2H3. The summed E-state index contributed by atoms with van der Waals surface area (Å²) in [5, 5.41) is 0. The fourth-order valence-corrected chi connectivity index (χ4v) is 10.0. The van der Waals surface area contributed by atoms with Crippen molar-refractivity contribution in [2.75, 3.05) is 0 Å². The van der Waals surface area contributed by atoms with Gasteiger partial charge in [0.25, 0.3) is 0 Å². The lowest BCUT2D eigenvalue weighted by molar-refractivity contribution is -0.0592. The zero-order valence-corrected chi connectivity index (χ0v) is 23.7. The van der Waals surface area contributed by atoms with Gasteiger partial charge < -0.3 is 0 Å². The minimum absolute atomic E-state index is 0.723. The quantitative estimate of drug-likeness (QED) is 0.383. The summed E-state index contributed by atoms with van der Waals surface area (Å²) in [4.78, 5) is 0. The molecule has 0 saturated heterocycles. The van der Waals surface area contributed by atoms with E-state index in [2.05, 4.69) is 13.8 Å². The number of hydrogen-bond acceptors (Lipinski definition) is 0. The second kappa shape index (κ2) is 13.5. The van der Waals surface area contributed by atoms with E-state index in [1.807, 2.05) is 0 Å². The van der Waals surface area contributed by atoms with Crippen LogP contribution in [0.15, 0.2) is 0 Å². The predicted octanol–water partition coefficient (Wildman–Crippen LogP) is 11.7. The van der Waals surface area contributed by atoms with E-state index in [9.17, 15) is 0 Å². The summed E-state index contributed by atoms with van der Waals surface area (Å²) in [7, 11) is 0. The van der Waals surface area contributed by atoms with E-state index in [4.69, 9.17) is 0 Å². The molecule has 198 valence electrons. The molecule has 0 amide bonds. The van der Waals surface area contributed by atoms with Gasteiger partial charge in [-0.1, -0.05) is 123 Å². The van der Waals surface area contributed by atoms with Crippen LogP contribution in [0.25, 0.3) is 0 Å². The molecule has 0 aromatic carbocycles. The van der Waals surface area contributed by atoms with E-state index in [1.165, 1.54) is 70.6 Å². The van der Waals surface area contributed by atoms with Gasteiger partial charge in [-0.2, -0.15) is 0 Å². The Labute approximate surface area is 215 Å². The van der Waals surface area contributed by atoms with Gasteiger partial charge in [-0.05, 0) is 92.3 Å². The number of fused-ring (bicyclic) bond motifs is 2. The highest BCUT2D eigenvalue weighted by molar-refractivity contribution is 5.01. The van der Waals surface area contributed by atoms with Crippen molar-refractivity contribution in [2.45, 2.75) is 181 Å². The van der Waals surface area contributed by atoms with Gasteiger partial charge in [-0.3, -0.25) is 0 Å². The normalized spacial score (nSPS) is 41.8. The summed E-state index contributed by atoms with van der Waals surface area (Å²) in [5.41, 5.74) is 1.45. The van der Waals surface area contributed by atoms with Crippen LogP contribution in [0.4, 0.5) is 0 Å². The largest absolute Gasteiger partial charge is 0.0654 e. The Morgan fingerprint density at radius 1 is 0.500 bits per heavy atom. The highest BCUT2D eigenvalue weighted by Gasteiger charge is 2.51. The molecule has 0 aromatic rings. The Kier molecular flexibility index (Phi) is 10.8. The van der Waals surface area contributed by atoms with Crippen molar-refractivity contribution in [3.05, 3.63) is 0 Å². The maximum atomic E-state index is 2.53. The summed E-state index contributed by atoms with van der Waals surface area (Å²) < 4.78 is 0. The van der Waals surface area contributed by atoms with E-state index >= 15 is 0 Å². The zero-order chi connectivity index (χ0) is 23.7. The molecule has 0 spiro atoms. The lowest BCUT2D eigenvalue weighted by atomic mass is 9.48. The molecule has 6 unspecified atom stereocenters. The topological polar surface area (TPSA) is 0 Å². The molecule has 4 rings (SSSR count). The Bertz CT molecular complexity index is 564. The first-order chi connectivity index (χ1) is 16.7. The number of rotatable bonds is 4. The molecule has 0 heteroatoms. The summed E-state index contributed by atoms with van der Waals surface area (Å²) in [6.07, 6.45) is 40.3. The SMILES string of the molecule is CCCC1CCCCCCC(C23CCCCCC(C4CCCCC(C)CCC4)(CCC2)C3)CC1. The van der Waals surface area contributed by atoms with Crippen LogP contribution < -0.4 is 0 Å². The van der Waals surface area contributed by atoms with Gasteiger partial charge in [0, 0.05) is 0 Å². The molecule has 4 aliphatic rings. The molecule has 0 heterocycles. The maximum Gasteiger partial charge on any atom is -0.0264 e. The molecule has 2 bridgehead atoms. The second-order valence-corrected chi connectivity index (χ2v) is 14.3. The Morgan fingerprint density at radius 2 is 1.03 bits per heavy atom. The molecule has 34 heavy (non-hydrogen) atoms. The number of hydrogen-bond donors (Lipinski definition) is 0. The van der Waals surface area contributed by atoms with Crippen LogP contribution in [-0.2, 0) is 0 Å². The minimum Gasteiger partial charge on any atom is -0.0654 e. The predicted molar refractivity (Wildman–Crippen MR) is 150 cm³/mol. The molecule has 0 aromatic heterocycles. The lowest BCUT2D eigenvalue weighted by Crippen LogP contribution is -2.46. The van der Waals surface area contributed by atoms with Crippen LogP contribution in [0.5, 0.6) is 0 Å². The van der Waals surface area contributed by atoms with E-state index in [0.29, 0.717) is 0 Å². The van der Waals surface area contributed by atoms with Crippen LogP contribution in [-0.4, -0.2) is 0 Å². The third-order valence-corrected chi connectivity index (χ3v) is 11.9. The average molecular weight is 471 g/mol. The summed E-state index contributed by atoms with van der Waals surface area (Å²) >= 11 is 0. The minimum atomic E-state index is 0.723. The van der Waals surface area contributed by atoms with Gasteiger partial charge in [0.15, 0.2) is 0 Å². The Balaban J connectivity index is 1.54. The van der Waals surface area contributed by atoms with Crippen LogP contribution >= 0.6 is 0 Å². The van der Waals surface area contributed by atoms with Crippen molar-refractivity contribution in [3.8, 4) is 0 Å². The first-order valence-corrected chi connectivity index (χ1v) is 16.7. The summed E-state index contributed by atoms with van der Waals surface area (Å²) in [5.74, 6) is 4.14. The van der Waals surface area contributed by atoms with Crippen molar-refractivity contribution in [2.24, 2.45) is 34.5 Å². The van der Waals surface area contributed by atoms with E-state index in [0.717, 1.165) is 34.5 Å². The average Bonchev–Trinajstić information content (AvgIpc) is 2.94. The Hall–Kier alpha value is 0. The lowest BCUT2D eigenvalue weighted by Gasteiger charge is -2.56. The Morgan fingerprint density at radius 3 is 1.76 bits per heavy atom. The van der Waals surface area contributed by atoms with Crippen molar-refractivity contribution >= 4 is 0 Å². The third kappa shape index (κ3) is 7.06. The van der Waals surface area contributed by atoms with Crippen molar-refractivity contribution in [1.82, 2.24) is 0 Å². The molecule has 0 radical (unpaired) electrons. The molecular formula is C34H62. The van der Waals surface area contributed by atoms with Gasteiger partial charge in [-0.15, -0.1) is 0 Å². The van der Waals surface area contributed by atoms with Crippen LogP contribution in [0.3, 0.4) is 0 Å². The second-order valence-electron chi connectivity index (χ2n) is 14.3. The monoisotopic (exact) mass is 470 g/mol. The van der Waals surface area contributed by atoms with Crippen LogP contribution in [0.1, 0.15) is 181 Å². The van der Waals surface area contributed by atoms with Gasteiger partial charge in [-0.25, -0.2) is 0 Å². The molecule has 0 nitrogen and oxygen atoms in total. The van der Waals surface area contributed by atoms with Crippen LogP contribution in [0.2, 0.25) is 0 Å². The highest BCUT2D eigenvalue weighted by atomic mass is 14.6. The fourth-order valence-electron chi connectivity index (χ4n) is 10.0. The molecule has 4 saturated carbocycles. The summed E-state index contributed by atoms with van der Waals surface area (Å²) in [6, 6.07) is 0. The maximum absolute atomic E-state index is 2.53. The van der Waals surface area contributed by atoms with Crippen molar-refractivity contribution in [1.29, 1.82) is 0 Å². The van der Waals surface area contributed by atoms with Crippen molar-refractivity contribution in [3.63, 3.8) is 0 Å². The first kappa shape index (κ1) is 27.0. The zero-order valence-electron chi connectivity index (χ0n) is 23.7. The third-order valence-electron chi connectivity index (χ3n) is 11.9. The van der Waals surface area contributed by atoms with Crippen LogP contribution in [0, 0.1) is 34.5 Å².